The van der Waals surface area contributed by atoms with Gasteiger partial charge in [0.15, 0.2) is 15.2 Å². The number of carbonyl (C=O) groups is 4. The molecule has 37 heavy (non-hydrogen) atoms. The first-order chi connectivity index (χ1) is 18.0. The van der Waals surface area contributed by atoms with Crippen LogP contribution in [0.4, 0.5) is 5.13 Å². The first kappa shape index (κ1) is 26.0. The summed E-state index contributed by atoms with van der Waals surface area (Å²) >= 11 is 6.86. The van der Waals surface area contributed by atoms with Crippen LogP contribution in [0.3, 0.4) is 0 Å². The molecule has 0 spiro atoms. The summed E-state index contributed by atoms with van der Waals surface area (Å²) in [5.74, 6) is -0.206. The number of fused-ring (bicyclic) bond motifs is 1. The molecular formula is C19H17N7O6S5. The molecule has 2 aromatic rings. The van der Waals surface area contributed by atoms with Crippen molar-refractivity contribution >= 4 is 93.0 Å². The third kappa shape index (κ3) is 5.47. The number of oxime groups is 1. The highest BCUT2D eigenvalue weighted by Gasteiger charge is 2.54. The first-order valence-corrected chi connectivity index (χ1v) is 15.5. The number of aromatic nitrogens is 3. The molecule has 3 N–H and O–H groups in total. The maximum Gasteiger partial charge on any atom is 0.352 e. The second-order valence-electron chi connectivity index (χ2n) is 7.62. The average Bonchev–Trinajstić information content (AvgIpc) is 3.54. The summed E-state index contributed by atoms with van der Waals surface area (Å²) in [6, 6.07) is -0.945. The van der Waals surface area contributed by atoms with Crippen molar-refractivity contribution in [2.45, 2.75) is 21.9 Å². The van der Waals surface area contributed by atoms with Gasteiger partial charge in [0, 0.05) is 28.4 Å². The lowest BCUT2D eigenvalue weighted by molar-refractivity contribution is -0.150. The molecule has 18 heteroatoms. The molecule has 0 bridgehead atoms. The number of nitrogens with one attached hydrogen (secondary N) is 2. The summed E-state index contributed by atoms with van der Waals surface area (Å²) in [4.78, 5) is 59.9. The number of carbonyl (C=O) groups excluding carboxylic acids is 3. The molecule has 3 aliphatic rings. The molecule has 5 rings (SSSR count). The lowest BCUT2D eigenvalue weighted by Crippen LogP contribution is -2.71. The number of hydrogen-bond donors (Lipinski definition) is 3. The van der Waals surface area contributed by atoms with Crippen LogP contribution in [0.15, 0.2) is 31.7 Å². The molecule has 0 aliphatic carbocycles. The van der Waals surface area contributed by atoms with E-state index in [2.05, 4.69) is 31.0 Å². The molecule has 2 saturated heterocycles. The predicted molar refractivity (Wildman–Crippen MR) is 141 cm³/mol. The minimum absolute atomic E-state index is 0.0694. The number of anilines is 1. The summed E-state index contributed by atoms with van der Waals surface area (Å²) in [6.45, 7) is 0. The number of nitrogens with zero attached hydrogens (tertiary/aromatic N) is 5. The molecule has 194 valence electrons. The number of thioether (sulfide) groups is 3. The smallest absolute Gasteiger partial charge is 0.352 e. The van der Waals surface area contributed by atoms with Gasteiger partial charge in [0.1, 0.15) is 34.4 Å². The fourth-order valence-electron chi connectivity index (χ4n) is 3.48. The second kappa shape index (κ2) is 11.4. The predicted octanol–water partition coefficient (Wildman–Crippen LogP) is 0.930. The van der Waals surface area contributed by atoms with Crippen molar-refractivity contribution in [2.75, 3.05) is 28.3 Å². The number of carboxylic acid groups (broad SMARTS) is 1. The largest absolute Gasteiger partial charge is 0.477 e. The minimum Gasteiger partial charge on any atom is -0.477 e. The minimum atomic E-state index is -1.21. The Bertz CT molecular complexity index is 1280. The summed E-state index contributed by atoms with van der Waals surface area (Å²) in [6.07, 6.45) is 0.339. The zero-order valence-electron chi connectivity index (χ0n) is 18.6. The Labute approximate surface area is 229 Å². The quantitative estimate of drug-likeness (QED) is 0.110. The van der Waals surface area contributed by atoms with Crippen LogP contribution in [-0.4, -0.2) is 95.6 Å². The molecule has 3 aliphatic heterocycles. The van der Waals surface area contributed by atoms with Crippen LogP contribution in [0, 0.1) is 0 Å². The van der Waals surface area contributed by atoms with Crippen molar-refractivity contribution in [2.24, 2.45) is 5.16 Å². The van der Waals surface area contributed by atoms with Crippen molar-refractivity contribution < 1.29 is 29.1 Å². The fourth-order valence-corrected chi connectivity index (χ4v) is 7.66. The fraction of sp³-hybridized carbons (Fsp3) is 0.368. The highest BCUT2D eigenvalue weighted by molar-refractivity contribution is 8.02. The Balaban J connectivity index is 1.31. The van der Waals surface area contributed by atoms with E-state index in [9.17, 15) is 24.3 Å². The number of amides is 3. The lowest BCUT2D eigenvalue weighted by atomic mass is 10.0. The summed E-state index contributed by atoms with van der Waals surface area (Å²) < 4.78 is 0.701. The Hall–Kier alpha value is -2.67. The van der Waals surface area contributed by atoms with Gasteiger partial charge in [0.25, 0.3) is 11.8 Å². The Morgan fingerprint density at radius 3 is 2.86 bits per heavy atom. The third-order valence-electron chi connectivity index (χ3n) is 5.29. The van der Waals surface area contributed by atoms with E-state index in [1.807, 2.05) is 0 Å². The highest BCUT2D eigenvalue weighted by atomic mass is 32.2. The van der Waals surface area contributed by atoms with Gasteiger partial charge in [-0.2, -0.15) is 11.8 Å². The first-order valence-electron chi connectivity index (χ1n) is 10.5. The van der Waals surface area contributed by atoms with Crippen LogP contribution in [0.1, 0.15) is 5.69 Å². The summed E-state index contributed by atoms with van der Waals surface area (Å²) in [7, 11) is 0. The van der Waals surface area contributed by atoms with Gasteiger partial charge in [-0.25, -0.2) is 9.78 Å². The van der Waals surface area contributed by atoms with Gasteiger partial charge in [-0.3, -0.25) is 19.3 Å². The normalized spacial score (nSPS) is 21.6. The van der Waals surface area contributed by atoms with E-state index in [-0.39, 0.29) is 28.3 Å². The summed E-state index contributed by atoms with van der Waals surface area (Å²) in [5, 5.41) is 27.9. The third-order valence-corrected chi connectivity index (χ3v) is 10.6. The molecule has 5 heterocycles. The molecule has 0 aromatic carbocycles. The van der Waals surface area contributed by atoms with E-state index in [0.29, 0.717) is 27.8 Å². The van der Waals surface area contributed by atoms with Gasteiger partial charge >= 0.3 is 5.97 Å². The zero-order chi connectivity index (χ0) is 25.9. The van der Waals surface area contributed by atoms with Crippen LogP contribution in [0.5, 0.6) is 0 Å². The van der Waals surface area contributed by atoms with Crippen molar-refractivity contribution in [1.82, 2.24) is 25.4 Å². The van der Waals surface area contributed by atoms with Crippen molar-refractivity contribution in [1.29, 1.82) is 0 Å². The van der Waals surface area contributed by atoms with Crippen molar-refractivity contribution in [3.8, 4) is 0 Å². The van der Waals surface area contributed by atoms with E-state index < -0.39 is 29.2 Å². The number of rotatable bonds is 11. The van der Waals surface area contributed by atoms with Crippen molar-refractivity contribution in [3.05, 3.63) is 27.9 Å². The van der Waals surface area contributed by atoms with Gasteiger partial charge in [0.05, 0.1) is 0 Å². The topological polar surface area (TPSA) is 176 Å². The molecule has 1 unspecified atom stereocenters. The van der Waals surface area contributed by atoms with E-state index in [4.69, 9.17) is 4.84 Å². The Morgan fingerprint density at radius 1 is 1.35 bits per heavy atom. The zero-order valence-corrected chi connectivity index (χ0v) is 22.6. The van der Waals surface area contributed by atoms with Crippen LogP contribution in [-0.2, 0) is 24.0 Å². The van der Waals surface area contributed by atoms with Gasteiger partial charge in [-0.1, -0.05) is 28.3 Å². The van der Waals surface area contributed by atoms with Gasteiger partial charge in [-0.15, -0.1) is 33.3 Å². The SMILES string of the molecule is O=CNc1nc(/C(=N/OC2CSC2)C(=O)NC2C(=O)N3C(C(=O)O)=C(CSc4nncs4)CS[C@H]23)cs1. The molecule has 0 radical (unpaired) electrons. The van der Waals surface area contributed by atoms with E-state index in [1.165, 1.54) is 39.8 Å². The number of β-lactam (4-membered cyclic amide) rings is 1. The molecule has 0 saturated carbocycles. The standard InChI is InChI=1S/C19H17N7O6S5/c27-6-20-18-22-10(5-35-18)11(25-32-9-3-33-4-9)14(28)23-12-15(29)26-13(17(30)31)8(1-34-16(12)26)2-36-19-24-21-7-37-19/h5-7,9,12,16H,1-4H2,(H,23,28)(H,30,31)(H,20,22,27)/b25-11-/t12?,16-/m1/s1. The van der Waals surface area contributed by atoms with Crippen molar-refractivity contribution in [3.63, 3.8) is 0 Å². The highest BCUT2D eigenvalue weighted by Crippen LogP contribution is 2.41. The average molecular weight is 600 g/mol. The van der Waals surface area contributed by atoms with E-state index in [0.717, 1.165) is 22.8 Å². The number of aliphatic carboxylic acids is 1. The maximum absolute atomic E-state index is 13.2. The molecular weight excluding hydrogens is 583 g/mol. The van der Waals surface area contributed by atoms with Gasteiger partial charge < -0.3 is 20.6 Å². The monoisotopic (exact) mass is 599 g/mol. The molecule has 2 fully saturated rings. The lowest BCUT2D eigenvalue weighted by Gasteiger charge is -2.49. The van der Waals surface area contributed by atoms with E-state index in [1.54, 1.807) is 22.7 Å². The second-order valence-corrected chi connectivity index (χ2v) is 12.7. The molecule has 2 aromatic heterocycles. The van der Waals surface area contributed by atoms with Crippen LogP contribution in [0.25, 0.3) is 0 Å². The molecule has 2 atom stereocenters. The number of hydrogen-bond acceptors (Lipinski definition) is 14. The number of thiazole rings is 1. The van der Waals surface area contributed by atoms with Crippen LogP contribution in [0.2, 0.25) is 0 Å². The number of carboxylic acids is 1. The molecule has 3 amide bonds. The van der Waals surface area contributed by atoms with Gasteiger partial charge in [-0.05, 0) is 5.57 Å². The van der Waals surface area contributed by atoms with Crippen LogP contribution >= 0.6 is 58.0 Å². The van der Waals surface area contributed by atoms with Gasteiger partial charge in [0.2, 0.25) is 6.41 Å². The Kier molecular flexibility index (Phi) is 7.98. The van der Waals surface area contributed by atoms with E-state index >= 15 is 0 Å². The maximum atomic E-state index is 13.2. The molecule has 13 nitrogen and oxygen atoms in total. The van der Waals surface area contributed by atoms with Crippen LogP contribution < -0.4 is 10.6 Å². The summed E-state index contributed by atoms with van der Waals surface area (Å²) in [5.41, 5.74) is 2.16. The Morgan fingerprint density at radius 2 is 2.19 bits per heavy atom.